The third-order valence-electron chi connectivity index (χ3n) is 7.34. The van der Waals surface area contributed by atoms with Crippen LogP contribution in [-0.4, -0.2) is 84.2 Å². The third-order valence-corrected chi connectivity index (χ3v) is 7.66. The Kier molecular flexibility index (Phi) is 7.24. The maximum Gasteiger partial charge on any atom is 0.433 e. The number of halogens is 4. The predicted octanol–water partition coefficient (Wildman–Crippen LogP) is 2.59. The number of hydrogen-bond acceptors (Lipinski definition) is 8. The van der Waals surface area contributed by atoms with E-state index in [1.807, 2.05) is 5.10 Å². The van der Waals surface area contributed by atoms with Gasteiger partial charge in [-0.05, 0) is 31.0 Å². The van der Waals surface area contributed by atoms with Crippen molar-refractivity contribution in [1.82, 2.24) is 40.1 Å². The van der Waals surface area contributed by atoms with Crippen molar-refractivity contribution in [2.24, 2.45) is 0 Å². The molecule has 3 aromatic heterocycles. The van der Waals surface area contributed by atoms with Gasteiger partial charge in [0.2, 0.25) is 5.91 Å². The molecule has 3 atom stereocenters. The number of β-amino-alcohol motifs (C(OH)–C–C–N with tert-alkyl or cyclic N) is 1. The fourth-order valence-electron chi connectivity index (χ4n) is 5.28. The summed E-state index contributed by atoms with van der Waals surface area (Å²) in [5, 5.41) is 24.4. The van der Waals surface area contributed by atoms with Gasteiger partial charge in [0.1, 0.15) is 5.69 Å². The number of nitrogens with zero attached hydrogens (tertiary/aromatic N) is 5. The van der Waals surface area contributed by atoms with Gasteiger partial charge in [0.15, 0.2) is 11.5 Å². The lowest BCUT2D eigenvalue weighted by Gasteiger charge is -2.21. The van der Waals surface area contributed by atoms with Gasteiger partial charge in [-0.2, -0.15) is 18.3 Å². The number of aromatic amines is 1. The van der Waals surface area contributed by atoms with Gasteiger partial charge >= 0.3 is 6.18 Å². The van der Waals surface area contributed by atoms with E-state index in [2.05, 4.69) is 31.0 Å². The first-order valence-electron chi connectivity index (χ1n) is 13.1. The van der Waals surface area contributed by atoms with E-state index in [0.29, 0.717) is 38.2 Å². The van der Waals surface area contributed by atoms with Crippen LogP contribution < -0.4 is 16.0 Å². The number of aromatic nitrogens is 5. The fourth-order valence-corrected chi connectivity index (χ4v) is 5.55. The molecule has 16 heteroatoms. The summed E-state index contributed by atoms with van der Waals surface area (Å²) < 4.78 is 41.7. The molecule has 12 nitrogen and oxygen atoms in total. The van der Waals surface area contributed by atoms with Crippen molar-refractivity contribution in [2.75, 3.05) is 25.0 Å². The number of benzene rings is 1. The van der Waals surface area contributed by atoms with Crippen molar-refractivity contribution >= 4 is 40.6 Å². The van der Waals surface area contributed by atoms with Crippen LogP contribution in [-0.2, 0) is 11.0 Å². The quantitative estimate of drug-likeness (QED) is 0.226. The van der Waals surface area contributed by atoms with Gasteiger partial charge in [0.05, 0.1) is 46.4 Å². The number of hydrogen-bond donors (Lipinski definition) is 5. The average Bonchev–Trinajstić information content (AvgIpc) is 3.74. The molecule has 0 unspecified atom stereocenters. The van der Waals surface area contributed by atoms with E-state index in [1.165, 1.54) is 29.1 Å². The number of likely N-dealkylation sites (tertiary alicyclic amines) is 1. The lowest BCUT2D eigenvalue weighted by molar-refractivity contribution is -0.140. The number of carbonyl (C=O) groups is 2. The summed E-state index contributed by atoms with van der Waals surface area (Å²) in [5.41, 5.74) is 0.00720. The second-order valence-electron chi connectivity index (χ2n) is 10.2. The summed E-state index contributed by atoms with van der Waals surface area (Å²) in [4.78, 5) is 35.9. The topological polar surface area (TPSA) is 153 Å². The Labute approximate surface area is 241 Å². The highest BCUT2D eigenvalue weighted by Gasteiger charge is 2.37. The van der Waals surface area contributed by atoms with E-state index in [1.54, 1.807) is 17.0 Å². The predicted molar refractivity (Wildman–Crippen MR) is 145 cm³/mol. The number of alkyl halides is 3. The van der Waals surface area contributed by atoms with E-state index in [-0.39, 0.29) is 51.2 Å². The number of nitrogens with one attached hydrogen (secondary N) is 4. The van der Waals surface area contributed by atoms with Gasteiger partial charge in [-0.15, -0.1) is 0 Å². The van der Waals surface area contributed by atoms with Crippen LogP contribution in [0.4, 0.5) is 24.7 Å². The largest absolute Gasteiger partial charge is 0.433 e. The molecule has 5 heterocycles. The van der Waals surface area contributed by atoms with Crippen molar-refractivity contribution in [3.8, 4) is 11.3 Å². The lowest BCUT2D eigenvalue weighted by Crippen LogP contribution is -2.44. The van der Waals surface area contributed by atoms with Crippen LogP contribution in [0, 0.1) is 0 Å². The minimum absolute atomic E-state index is 0.0875. The van der Waals surface area contributed by atoms with Crippen LogP contribution in [0.5, 0.6) is 0 Å². The second-order valence-corrected chi connectivity index (χ2v) is 10.6. The molecule has 6 rings (SSSR count). The van der Waals surface area contributed by atoms with Gasteiger partial charge in [-0.25, -0.2) is 9.97 Å². The molecule has 220 valence electrons. The zero-order valence-electron chi connectivity index (χ0n) is 21.8. The maximum atomic E-state index is 13.4. The number of amides is 2. The van der Waals surface area contributed by atoms with Crippen LogP contribution in [0.1, 0.15) is 28.9 Å². The summed E-state index contributed by atoms with van der Waals surface area (Å²) >= 11 is 6.45. The molecule has 2 amide bonds. The SMILES string of the molecule is O=C(N[C@H]1CCN(C(=O)[C@@H]2C[C@@H](O)CN2)C1)c1ccc(Nc2nccn3c(-c4cn[nH]c4C(F)(F)F)cnc23)cc1Cl. The van der Waals surface area contributed by atoms with E-state index in [4.69, 9.17) is 11.6 Å². The summed E-state index contributed by atoms with van der Waals surface area (Å²) in [6.07, 6.45) is 1.09. The third kappa shape index (κ3) is 5.37. The summed E-state index contributed by atoms with van der Waals surface area (Å²) in [6.45, 7) is 1.25. The van der Waals surface area contributed by atoms with E-state index >= 15 is 0 Å². The van der Waals surface area contributed by atoms with Crippen LogP contribution in [0.15, 0.2) is 43.0 Å². The van der Waals surface area contributed by atoms with Crippen molar-refractivity contribution in [3.63, 3.8) is 0 Å². The van der Waals surface area contributed by atoms with Crippen LogP contribution in [0.2, 0.25) is 5.02 Å². The Hall–Kier alpha value is -4.21. The Bertz CT molecular complexity index is 1660. The van der Waals surface area contributed by atoms with Gasteiger partial charge in [0.25, 0.3) is 5.91 Å². The van der Waals surface area contributed by atoms with Gasteiger partial charge in [0, 0.05) is 43.8 Å². The van der Waals surface area contributed by atoms with E-state index < -0.39 is 24.0 Å². The molecular formula is C26H25ClF3N9O3. The first-order valence-corrected chi connectivity index (χ1v) is 13.5. The van der Waals surface area contributed by atoms with Crippen molar-refractivity contribution in [2.45, 2.75) is 37.2 Å². The first-order chi connectivity index (χ1) is 20.1. The Morgan fingerprint density at radius 2 is 2.02 bits per heavy atom. The smallest absolute Gasteiger partial charge is 0.392 e. The molecule has 2 fully saturated rings. The number of carbonyl (C=O) groups excluding carboxylic acids is 2. The number of aliphatic hydroxyl groups excluding tert-OH is 1. The fraction of sp³-hybridized carbons (Fsp3) is 0.346. The van der Waals surface area contributed by atoms with Gasteiger partial charge < -0.3 is 26.0 Å². The maximum absolute atomic E-state index is 13.4. The lowest BCUT2D eigenvalue weighted by atomic mass is 10.1. The molecule has 1 aromatic carbocycles. The highest BCUT2D eigenvalue weighted by atomic mass is 35.5. The molecule has 0 saturated carbocycles. The van der Waals surface area contributed by atoms with Crippen molar-refractivity contribution in [1.29, 1.82) is 0 Å². The van der Waals surface area contributed by atoms with Gasteiger partial charge in [-0.1, -0.05) is 11.6 Å². The molecular weight excluding hydrogens is 579 g/mol. The number of rotatable bonds is 6. The Balaban J connectivity index is 1.13. The molecule has 4 aromatic rings. The molecule has 0 aliphatic carbocycles. The molecule has 5 N–H and O–H groups in total. The summed E-state index contributed by atoms with van der Waals surface area (Å²) in [5.74, 6) is -0.219. The molecule has 2 saturated heterocycles. The van der Waals surface area contributed by atoms with Crippen molar-refractivity contribution in [3.05, 3.63) is 59.3 Å². The highest BCUT2D eigenvalue weighted by molar-refractivity contribution is 6.34. The number of fused-ring (bicyclic) bond motifs is 1. The van der Waals surface area contributed by atoms with Gasteiger partial charge in [-0.3, -0.25) is 19.1 Å². The molecule has 0 bridgehead atoms. The molecule has 0 spiro atoms. The zero-order valence-corrected chi connectivity index (χ0v) is 22.6. The van der Waals surface area contributed by atoms with Crippen LogP contribution in [0.3, 0.4) is 0 Å². The number of H-pyrrole nitrogens is 1. The molecule has 0 radical (unpaired) electrons. The first kappa shape index (κ1) is 27.9. The minimum atomic E-state index is -4.62. The normalized spacial score (nSPS) is 20.8. The zero-order chi connectivity index (χ0) is 29.6. The second kappa shape index (κ2) is 10.9. The number of aliphatic hydroxyl groups is 1. The number of anilines is 2. The average molecular weight is 604 g/mol. The molecule has 2 aliphatic heterocycles. The highest BCUT2D eigenvalue weighted by Crippen LogP contribution is 2.36. The summed E-state index contributed by atoms with van der Waals surface area (Å²) in [7, 11) is 0. The Morgan fingerprint density at radius 1 is 1.19 bits per heavy atom. The van der Waals surface area contributed by atoms with Crippen LogP contribution >= 0.6 is 11.6 Å². The minimum Gasteiger partial charge on any atom is -0.392 e. The van der Waals surface area contributed by atoms with Crippen LogP contribution in [0.25, 0.3) is 16.9 Å². The monoisotopic (exact) mass is 603 g/mol. The summed E-state index contributed by atoms with van der Waals surface area (Å²) in [6, 6.07) is 4.03. The standard InChI is InChI=1S/C26H25ClF3N9O3/c27-18-7-13(1-2-16(18)24(41)36-14-3-5-38(12-14)25(42)19-8-15(40)9-32-19)35-22-23-33-11-20(39(23)6-4-31-22)17-10-34-37-21(17)26(28,29)30/h1-2,4,6-7,10-11,14-15,19,32,40H,3,5,8-9,12H2,(H,31,35)(H,34,37)(H,36,41)/t14-,15+,19-/m0/s1. The van der Waals surface area contributed by atoms with E-state index in [0.717, 1.165) is 6.20 Å². The number of imidazole rings is 1. The molecule has 2 aliphatic rings. The molecule has 42 heavy (non-hydrogen) atoms. The Morgan fingerprint density at radius 3 is 2.76 bits per heavy atom. The van der Waals surface area contributed by atoms with E-state index in [9.17, 15) is 27.9 Å². The van der Waals surface area contributed by atoms with Crippen molar-refractivity contribution < 1.29 is 27.9 Å².